The molecule has 304 valence electrons. The van der Waals surface area contributed by atoms with Gasteiger partial charge in [-0.1, -0.05) is 29.3 Å². The summed E-state index contributed by atoms with van der Waals surface area (Å²) in [6.07, 6.45) is 2.88. The minimum atomic E-state index is -0.573. The lowest BCUT2D eigenvalue weighted by molar-refractivity contribution is 0.0589. The molecule has 1 aliphatic rings. The number of pyridine rings is 1. The van der Waals surface area contributed by atoms with E-state index in [-0.39, 0.29) is 29.9 Å². The van der Waals surface area contributed by atoms with Gasteiger partial charge in [-0.15, -0.1) is 0 Å². The Morgan fingerprint density at radius 1 is 0.949 bits per heavy atom. The lowest BCUT2D eigenvalue weighted by Gasteiger charge is -2.35. The van der Waals surface area contributed by atoms with Crippen LogP contribution in [-0.2, 0) is 24.8 Å². The third-order valence-corrected chi connectivity index (χ3v) is 12.5. The molecule has 0 radical (unpaired) electrons. The van der Waals surface area contributed by atoms with Gasteiger partial charge < -0.3 is 28.6 Å². The lowest BCUT2D eigenvalue weighted by atomic mass is 9.98. The van der Waals surface area contributed by atoms with Crippen molar-refractivity contribution in [2.75, 3.05) is 25.2 Å². The highest BCUT2D eigenvalue weighted by Gasteiger charge is 2.38. The standard InChI is InChI=1S/C46H46Cl2N6O5/c1-24-15-16-49-30(18-24)23-52-37(46(57)58-8)21-34-38(55)14-13-36(42(34)52)53-22-27(4)54-43-33(11-12-35(47)40(43)39-28(5)50-51(7)29(39)6)32(44(54)45(53)56)10-9-17-59-31-19-25(2)41(48)26(3)20-31/h11-16,18-21,27,55H,9-10,17,22-23H2,1-8H3/t27-/m1/s1. The molecular weight excluding hydrogens is 787 g/mol. The van der Waals surface area contributed by atoms with Crippen molar-refractivity contribution < 1.29 is 24.2 Å². The molecule has 0 unspecified atom stereocenters. The number of anilines is 1. The third kappa shape index (κ3) is 6.79. The highest BCUT2D eigenvalue weighted by Crippen LogP contribution is 2.46. The van der Waals surface area contributed by atoms with Gasteiger partial charge in [0, 0.05) is 58.4 Å². The van der Waals surface area contributed by atoms with E-state index in [9.17, 15) is 9.90 Å². The largest absolute Gasteiger partial charge is 0.507 e. The van der Waals surface area contributed by atoms with Crippen LogP contribution in [0.3, 0.4) is 0 Å². The average Bonchev–Trinajstić information content (AvgIpc) is 3.83. The molecule has 3 aromatic carbocycles. The van der Waals surface area contributed by atoms with E-state index in [1.807, 2.05) is 82.7 Å². The summed E-state index contributed by atoms with van der Waals surface area (Å²) in [4.78, 5) is 35.1. The molecule has 1 aliphatic heterocycles. The number of carbonyl (C=O) groups is 2. The number of fused-ring (bicyclic) bond motifs is 4. The van der Waals surface area contributed by atoms with Crippen LogP contribution < -0.4 is 9.64 Å². The van der Waals surface area contributed by atoms with Crippen LogP contribution in [0.1, 0.15) is 79.7 Å². The second-order valence-electron chi connectivity index (χ2n) is 15.6. The zero-order valence-electron chi connectivity index (χ0n) is 34.4. The monoisotopic (exact) mass is 832 g/mol. The fraction of sp³-hybridized carbons (Fsp3) is 0.304. The van der Waals surface area contributed by atoms with Gasteiger partial charge in [-0.05, 0) is 125 Å². The maximum atomic E-state index is 15.5. The molecule has 0 saturated carbocycles. The van der Waals surface area contributed by atoms with Crippen LogP contribution in [0.4, 0.5) is 5.69 Å². The number of hydrogen-bond acceptors (Lipinski definition) is 7. The number of rotatable bonds is 10. The number of aromatic hydroxyl groups is 1. The first-order valence-electron chi connectivity index (χ1n) is 19.6. The second-order valence-corrected chi connectivity index (χ2v) is 16.4. The van der Waals surface area contributed by atoms with Gasteiger partial charge in [-0.3, -0.25) is 14.5 Å². The first-order chi connectivity index (χ1) is 28.2. The molecule has 0 fully saturated rings. The fourth-order valence-electron chi connectivity index (χ4n) is 8.79. The number of hydrogen-bond donors (Lipinski definition) is 1. The minimum Gasteiger partial charge on any atom is -0.507 e. The number of aryl methyl sites for hydroxylation is 6. The number of methoxy groups -OCH3 is 1. The maximum absolute atomic E-state index is 15.5. The molecule has 0 saturated heterocycles. The van der Waals surface area contributed by atoms with Gasteiger partial charge in [0.1, 0.15) is 22.9 Å². The van der Waals surface area contributed by atoms with Crippen molar-refractivity contribution in [3.8, 4) is 22.6 Å². The van der Waals surface area contributed by atoms with Crippen molar-refractivity contribution in [1.82, 2.24) is 23.9 Å². The van der Waals surface area contributed by atoms with Crippen LogP contribution in [-0.4, -0.2) is 61.1 Å². The number of aromatic nitrogens is 5. The topological polar surface area (TPSA) is 117 Å². The predicted octanol–water partition coefficient (Wildman–Crippen LogP) is 10.0. The summed E-state index contributed by atoms with van der Waals surface area (Å²) in [5.41, 5.74) is 10.8. The van der Waals surface area contributed by atoms with Gasteiger partial charge in [0.05, 0.1) is 53.4 Å². The summed E-state index contributed by atoms with van der Waals surface area (Å²) in [6, 6.07) is 16.4. The number of nitrogens with zero attached hydrogens (tertiary/aromatic N) is 6. The summed E-state index contributed by atoms with van der Waals surface area (Å²) < 4.78 is 17.3. The molecule has 0 spiro atoms. The Bertz CT molecular complexity index is 2830. The van der Waals surface area contributed by atoms with E-state index in [0.717, 1.165) is 66.4 Å². The number of ether oxygens (including phenoxy) is 2. The smallest absolute Gasteiger partial charge is 0.354 e. The van der Waals surface area contributed by atoms with Crippen molar-refractivity contribution in [2.45, 2.75) is 67.0 Å². The van der Waals surface area contributed by atoms with E-state index in [2.05, 4.69) is 16.5 Å². The molecule has 7 aromatic rings. The van der Waals surface area contributed by atoms with Gasteiger partial charge in [-0.2, -0.15) is 5.10 Å². The molecule has 5 heterocycles. The molecule has 59 heavy (non-hydrogen) atoms. The van der Waals surface area contributed by atoms with Gasteiger partial charge in [0.2, 0.25) is 0 Å². The van der Waals surface area contributed by atoms with Gasteiger partial charge in [0.15, 0.2) is 0 Å². The van der Waals surface area contributed by atoms with Crippen LogP contribution >= 0.6 is 23.2 Å². The van der Waals surface area contributed by atoms with Crippen LogP contribution in [0.15, 0.2) is 60.8 Å². The molecular formula is C46H46Cl2N6O5. The Hall–Kier alpha value is -5.78. The number of phenols is 1. The van der Waals surface area contributed by atoms with Gasteiger partial charge in [0.25, 0.3) is 5.91 Å². The van der Waals surface area contributed by atoms with Crippen molar-refractivity contribution in [3.63, 3.8) is 0 Å². The number of amides is 1. The summed E-state index contributed by atoms with van der Waals surface area (Å²) in [6.45, 7) is 12.9. The summed E-state index contributed by atoms with van der Waals surface area (Å²) in [5.74, 6) is -0.0673. The Kier molecular flexibility index (Phi) is 10.5. The highest BCUT2D eigenvalue weighted by atomic mass is 35.5. The summed E-state index contributed by atoms with van der Waals surface area (Å²) in [5, 5.41) is 18.6. The van der Waals surface area contributed by atoms with Crippen LogP contribution in [0.2, 0.25) is 10.0 Å². The van der Waals surface area contributed by atoms with Crippen LogP contribution in [0, 0.1) is 34.6 Å². The van der Waals surface area contributed by atoms with E-state index in [1.54, 1.807) is 33.9 Å². The number of phenolic OH excluding ortho intramolecular Hbond substituents is 1. The molecule has 0 bridgehead atoms. The van der Waals surface area contributed by atoms with E-state index in [1.165, 1.54) is 7.11 Å². The molecule has 11 nitrogen and oxygen atoms in total. The van der Waals surface area contributed by atoms with Gasteiger partial charge >= 0.3 is 5.97 Å². The predicted molar refractivity (Wildman–Crippen MR) is 233 cm³/mol. The van der Waals surface area contributed by atoms with E-state index in [4.69, 9.17) is 37.8 Å². The Morgan fingerprint density at radius 3 is 2.37 bits per heavy atom. The van der Waals surface area contributed by atoms with Crippen molar-refractivity contribution in [1.29, 1.82) is 0 Å². The van der Waals surface area contributed by atoms with E-state index >= 15 is 4.79 Å². The Labute approximate surface area is 352 Å². The minimum absolute atomic E-state index is 0.0234. The molecule has 1 amide bonds. The third-order valence-electron chi connectivity index (χ3n) is 11.6. The van der Waals surface area contributed by atoms with Crippen LogP contribution in [0.5, 0.6) is 11.5 Å². The summed E-state index contributed by atoms with van der Waals surface area (Å²) >= 11 is 13.6. The Balaban J connectivity index is 1.30. The number of carbonyl (C=O) groups excluding carboxylic acids is 2. The maximum Gasteiger partial charge on any atom is 0.354 e. The first-order valence-corrected chi connectivity index (χ1v) is 20.4. The highest BCUT2D eigenvalue weighted by molar-refractivity contribution is 6.35. The molecule has 1 N–H and O–H groups in total. The zero-order chi connectivity index (χ0) is 42.0. The average molecular weight is 834 g/mol. The van der Waals surface area contributed by atoms with Crippen molar-refractivity contribution >= 4 is 62.6 Å². The molecule has 4 aromatic heterocycles. The SMILES string of the molecule is COC(=O)c1cc2c(O)ccc(N3C[C@@H](C)n4c(c(CCCOc5cc(C)c(Cl)c(C)c5)c5ccc(Cl)c(-c6c(C)nn(C)c6C)c54)C3=O)c2n1Cc1cc(C)ccn1. The first kappa shape index (κ1) is 40.0. The van der Waals surface area contributed by atoms with Crippen molar-refractivity contribution in [2.24, 2.45) is 7.05 Å². The summed E-state index contributed by atoms with van der Waals surface area (Å²) in [7, 11) is 3.24. The number of halogens is 2. The van der Waals surface area contributed by atoms with E-state index in [0.29, 0.717) is 59.0 Å². The van der Waals surface area contributed by atoms with Crippen molar-refractivity contribution in [3.05, 3.63) is 122 Å². The normalized spacial score (nSPS) is 14.1. The molecule has 0 aliphatic carbocycles. The Morgan fingerprint density at radius 2 is 1.69 bits per heavy atom. The number of benzene rings is 3. The zero-order valence-corrected chi connectivity index (χ0v) is 35.9. The number of esters is 1. The lowest BCUT2D eigenvalue weighted by Crippen LogP contribution is -2.43. The van der Waals surface area contributed by atoms with Crippen LogP contribution in [0.25, 0.3) is 32.9 Å². The second kappa shape index (κ2) is 15.4. The van der Waals surface area contributed by atoms with Gasteiger partial charge in [-0.25, -0.2) is 4.79 Å². The molecule has 13 heteroatoms. The van der Waals surface area contributed by atoms with E-state index < -0.39 is 5.97 Å². The molecule has 1 atom stereocenters. The quantitative estimate of drug-likeness (QED) is 0.108. The molecule has 8 rings (SSSR count). The fourth-order valence-corrected chi connectivity index (χ4v) is 9.14.